The van der Waals surface area contributed by atoms with Gasteiger partial charge in [0.05, 0.1) is 11.6 Å². The number of halogens is 1. The van der Waals surface area contributed by atoms with E-state index in [9.17, 15) is 19.2 Å². The zero-order chi connectivity index (χ0) is 21.2. The molecule has 29 heavy (non-hydrogen) atoms. The number of hydrogen-bond acceptors (Lipinski definition) is 3. The summed E-state index contributed by atoms with van der Waals surface area (Å²) in [5, 5.41) is 12.2. The number of nitrogens with one attached hydrogen (secondary N) is 1. The number of piperazine rings is 1. The van der Waals surface area contributed by atoms with Gasteiger partial charge in [0.2, 0.25) is 0 Å². The van der Waals surface area contributed by atoms with Crippen LogP contribution >= 0.6 is 0 Å². The third-order valence-electron chi connectivity index (χ3n) is 5.41. The van der Waals surface area contributed by atoms with Gasteiger partial charge < -0.3 is 10.2 Å². The average molecular weight is 391 g/mol. The van der Waals surface area contributed by atoms with Crippen LogP contribution in [0, 0.1) is 24.1 Å². The predicted molar refractivity (Wildman–Crippen MR) is 108 cm³/mol. The number of rotatable bonds is 4. The minimum absolute atomic E-state index is 0.184. The number of nitrogens with zero attached hydrogens (tertiary/aromatic N) is 2. The number of carbonyl (C=O) groups excluding carboxylic acids is 2. The van der Waals surface area contributed by atoms with Crippen molar-refractivity contribution in [1.82, 2.24) is 10.2 Å². The summed E-state index contributed by atoms with van der Waals surface area (Å²) in [5.74, 6) is -0.988. The fourth-order valence-electron chi connectivity index (χ4n) is 3.62. The second kappa shape index (κ2) is 7.88. The highest BCUT2D eigenvalue weighted by atomic mass is 19.1. The van der Waals surface area contributed by atoms with Gasteiger partial charge >= 0.3 is 0 Å². The highest BCUT2D eigenvalue weighted by Crippen LogP contribution is 2.28. The van der Waals surface area contributed by atoms with Gasteiger partial charge in [0.15, 0.2) is 0 Å². The van der Waals surface area contributed by atoms with Crippen molar-refractivity contribution in [3.63, 3.8) is 0 Å². The second-order valence-corrected chi connectivity index (χ2v) is 7.23. The van der Waals surface area contributed by atoms with Crippen LogP contribution in [-0.4, -0.2) is 29.3 Å². The van der Waals surface area contributed by atoms with Crippen LogP contribution in [-0.2, 0) is 16.0 Å². The summed E-state index contributed by atoms with van der Waals surface area (Å²) >= 11 is 0. The lowest BCUT2D eigenvalue weighted by Crippen LogP contribution is -2.65. The van der Waals surface area contributed by atoms with E-state index in [2.05, 4.69) is 11.4 Å². The molecule has 2 amide bonds. The second-order valence-electron chi connectivity index (χ2n) is 7.23. The fraction of sp³-hybridized carbons (Fsp3) is 0.261. The lowest BCUT2D eigenvalue weighted by Gasteiger charge is -2.41. The van der Waals surface area contributed by atoms with Crippen LogP contribution in [0.15, 0.2) is 48.2 Å². The number of aryl methyl sites for hydroxylation is 1. The first-order valence-electron chi connectivity index (χ1n) is 9.38. The molecule has 1 fully saturated rings. The lowest BCUT2D eigenvalue weighted by atomic mass is 9.84. The van der Waals surface area contributed by atoms with Crippen molar-refractivity contribution >= 4 is 17.9 Å². The van der Waals surface area contributed by atoms with Crippen LogP contribution in [0.1, 0.15) is 35.6 Å². The van der Waals surface area contributed by atoms with E-state index in [-0.39, 0.29) is 29.7 Å². The average Bonchev–Trinajstić information content (AvgIpc) is 2.71. The number of likely N-dealkylation sites (N-methyl/N-ethyl adjacent to an activating group) is 1. The quantitative estimate of drug-likeness (QED) is 0.813. The fourth-order valence-corrected chi connectivity index (χ4v) is 3.62. The molecule has 0 bridgehead atoms. The number of nitriles is 1. The summed E-state index contributed by atoms with van der Waals surface area (Å²) in [6, 6.07) is 13.3. The normalized spacial score (nSPS) is 20.5. The van der Waals surface area contributed by atoms with Crippen LogP contribution in [0.4, 0.5) is 4.39 Å². The van der Waals surface area contributed by atoms with Crippen LogP contribution in [0.5, 0.6) is 0 Å². The summed E-state index contributed by atoms with van der Waals surface area (Å²) in [6.45, 7) is 3.68. The van der Waals surface area contributed by atoms with Gasteiger partial charge in [-0.25, -0.2) is 4.39 Å². The Kier molecular flexibility index (Phi) is 5.51. The minimum Gasteiger partial charge on any atom is -0.336 e. The van der Waals surface area contributed by atoms with E-state index >= 15 is 0 Å². The Morgan fingerprint density at radius 1 is 1.21 bits per heavy atom. The van der Waals surface area contributed by atoms with Gasteiger partial charge in [0, 0.05) is 13.5 Å². The van der Waals surface area contributed by atoms with E-state index in [1.807, 2.05) is 19.9 Å². The molecule has 0 radical (unpaired) electrons. The van der Waals surface area contributed by atoms with Gasteiger partial charge in [0.1, 0.15) is 17.1 Å². The van der Waals surface area contributed by atoms with Gasteiger partial charge in [-0.05, 0) is 54.3 Å². The summed E-state index contributed by atoms with van der Waals surface area (Å²) in [6.07, 6.45) is 2.23. The SMILES string of the molecule is CCC1(Cc2ccc(F)cc2)NC(=O)C(=Cc2c(C)cccc2C#N)N(C)C1=O. The number of carbonyl (C=O) groups is 2. The first-order chi connectivity index (χ1) is 13.8. The third-order valence-corrected chi connectivity index (χ3v) is 5.41. The summed E-state index contributed by atoms with van der Waals surface area (Å²) in [5.41, 5.74) is 1.72. The van der Waals surface area contributed by atoms with E-state index < -0.39 is 5.54 Å². The Morgan fingerprint density at radius 2 is 1.90 bits per heavy atom. The zero-order valence-electron chi connectivity index (χ0n) is 16.6. The summed E-state index contributed by atoms with van der Waals surface area (Å²) in [4.78, 5) is 27.6. The number of hydrogen-bond donors (Lipinski definition) is 1. The standard InChI is InChI=1S/C23H22FN3O2/c1-4-23(13-16-8-10-18(24)11-9-16)22(29)27(3)20(21(28)26-23)12-19-15(2)6-5-7-17(19)14-25/h5-12H,4,13H2,1-3H3,(H,26,28). The Bertz CT molecular complexity index is 1040. The van der Waals surface area contributed by atoms with Crippen LogP contribution in [0.25, 0.3) is 6.08 Å². The van der Waals surface area contributed by atoms with E-state index in [0.29, 0.717) is 17.5 Å². The van der Waals surface area contributed by atoms with Gasteiger partial charge in [-0.1, -0.05) is 31.2 Å². The van der Waals surface area contributed by atoms with Crippen LogP contribution < -0.4 is 5.32 Å². The molecule has 6 heteroatoms. The number of benzene rings is 2. The van der Waals surface area contributed by atoms with Crippen molar-refractivity contribution in [3.05, 3.63) is 76.2 Å². The molecule has 0 spiro atoms. The van der Waals surface area contributed by atoms with E-state index in [1.54, 1.807) is 37.4 Å². The Morgan fingerprint density at radius 3 is 2.52 bits per heavy atom. The number of amides is 2. The molecule has 1 unspecified atom stereocenters. The molecule has 0 saturated carbocycles. The Balaban J connectivity index is 1.98. The minimum atomic E-state index is -1.11. The van der Waals surface area contributed by atoms with Gasteiger partial charge in [-0.3, -0.25) is 9.59 Å². The highest BCUT2D eigenvalue weighted by Gasteiger charge is 2.46. The molecule has 1 aliphatic heterocycles. The van der Waals surface area contributed by atoms with Gasteiger partial charge in [0.25, 0.3) is 11.8 Å². The molecule has 1 N–H and O–H groups in total. The van der Waals surface area contributed by atoms with Crippen molar-refractivity contribution in [1.29, 1.82) is 5.26 Å². The van der Waals surface area contributed by atoms with E-state index in [1.165, 1.54) is 17.0 Å². The molecule has 5 nitrogen and oxygen atoms in total. The van der Waals surface area contributed by atoms with Crippen molar-refractivity contribution in [2.24, 2.45) is 0 Å². The van der Waals surface area contributed by atoms with Gasteiger partial charge in [-0.15, -0.1) is 0 Å². The van der Waals surface area contributed by atoms with E-state index in [0.717, 1.165) is 11.1 Å². The molecule has 148 valence electrons. The molecule has 2 aromatic rings. The molecule has 0 aliphatic carbocycles. The molecular weight excluding hydrogens is 369 g/mol. The maximum absolute atomic E-state index is 13.3. The lowest BCUT2D eigenvalue weighted by molar-refractivity contribution is -0.144. The topological polar surface area (TPSA) is 73.2 Å². The molecule has 1 aliphatic rings. The molecule has 2 aromatic carbocycles. The molecule has 1 saturated heterocycles. The summed E-state index contributed by atoms with van der Waals surface area (Å²) in [7, 11) is 1.56. The summed E-state index contributed by atoms with van der Waals surface area (Å²) < 4.78 is 13.2. The Hall–Kier alpha value is -3.46. The molecule has 1 atom stereocenters. The van der Waals surface area contributed by atoms with Crippen molar-refractivity contribution < 1.29 is 14.0 Å². The Labute approximate surface area is 169 Å². The monoisotopic (exact) mass is 391 g/mol. The largest absolute Gasteiger partial charge is 0.336 e. The maximum Gasteiger partial charge on any atom is 0.268 e. The molecule has 0 aromatic heterocycles. The van der Waals surface area contributed by atoms with Crippen LogP contribution in [0.2, 0.25) is 0 Å². The van der Waals surface area contributed by atoms with E-state index in [4.69, 9.17) is 0 Å². The van der Waals surface area contributed by atoms with Crippen molar-refractivity contribution in [2.45, 2.75) is 32.2 Å². The first kappa shape index (κ1) is 20.3. The highest BCUT2D eigenvalue weighted by molar-refractivity contribution is 6.09. The van der Waals surface area contributed by atoms with Gasteiger partial charge in [-0.2, -0.15) is 5.26 Å². The predicted octanol–water partition coefficient (Wildman–Crippen LogP) is 3.33. The molecular formula is C23H22FN3O2. The van der Waals surface area contributed by atoms with Crippen molar-refractivity contribution in [2.75, 3.05) is 7.05 Å². The van der Waals surface area contributed by atoms with Crippen molar-refractivity contribution in [3.8, 4) is 6.07 Å². The molecule has 3 rings (SSSR count). The van der Waals surface area contributed by atoms with Crippen LogP contribution in [0.3, 0.4) is 0 Å². The molecule has 1 heterocycles. The first-order valence-corrected chi connectivity index (χ1v) is 9.38. The maximum atomic E-state index is 13.3. The zero-order valence-corrected chi connectivity index (χ0v) is 16.6. The third kappa shape index (κ3) is 3.77. The smallest absolute Gasteiger partial charge is 0.268 e.